The molecule has 0 aliphatic rings. The molecule has 0 spiro atoms. The molecular formula is C8H21N3O3S. The molecule has 0 saturated heterocycles. The number of likely N-dealkylation sites (N-methyl/N-ethyl adjacent to an activating group) is 1. The van der Waals surface area contributed by atoms with Crippen LogP contribution < -0.4 is 5.73 Å². The maximum Gasteiger partial charge on any atom is 0.281 e. The van der Waals surface area contributed by atoms with Crippen LogP contribution in [0.2, 0.25) is 0 Å². The van der Waals surface area contributed by atoms with E-state index in [4.69, 9.17) is 10.8 Å². The number of hydrogen-bond donors (Lipinski definition) is 2. The van der Waals surface area contributed by atoms with Gasteiger partial charge in [-0.15, -0.1) is 0 Å². The van der Waals surface area contributed by atoms with Gasteiger partial charge in [-0.3, -0.25) is 0 Å². The van der Waals surface area contributed by atoms with Crippen molar-refractivity contribution in [3.05, 3.63) is 0 Å². The fourth-order valence-electron chi connectivity index (χ4n) is 1.17. The molecule has 0 amide bonds. The van der Waals surface area contributed by atoms with E-state index in [9.17, 15) is 8.42 Å². The molecule has 3 N–H and O–H groups in total. The molecule has 0 radical (unpaired) electrons. The average Bonchev–Trinajstić information content (AvgIpc) is 2.21. The fraction of sp³-hybridized carbons (Fsp3) is 1.00. The number of aliphatic hydroxyl groups is 1. The standard InChI is InChI=1S/C8H21N3O3S/c1-3-11(7-8-12)15(13,14)10(2)6-4-5-9/h12H,3-9H2,1-2H3. The molecule has 0 aliphatic heterocycles. The van der Waals surface area contributed by atoms with Gasteiger partial charge in [0.25, 0.3) is 10.2 Å². The van der Waals surface area contributed by atoms with Crippen LogP contribution in [0, 0.1) is 0 Å². The Morgan fingerprint density at radius 3 is 2.33 bits per heavy atom. The summed E-state index contributed by atoms with van der Waals surface area (Å²) in [6.45, 7) is 2.93. The highest BCUT2D eigenvalue weighted by molar-refractivity contribution is 7.86. The van der Waals surface area contributed by atoms with Gasteiger partial charge in [0.2, 0.25) is 0 Å². The fourth-order valence-corrected chi connectivity index (χ4v) is 2.57. The number of aliphatic hydroxyl groups excluding tert-OH is 1. The van der Waals surface area contributed by atoms with E-state index in [2.05, 4.69) is 0 Å². The van der Waals surface area contributed by atoms with E-state index in [1.54, 1.807) is 6.92 Å². The van der Waals surface area contributed by atoms with Crippen molar-refractivity contribution in [2.75, 3.05) is 39.8 Å². The van der Waals surface area contributed by atoms with Crippen molar-refractivity contribution in [3.8, 4) is 0 Å². The minimum atomic E-state index is -3.43. The van der Waals surface area contributed by atoms with Crippen molar-refractivity contribution in [2.24, 2.45) is 5.73 Å². The van der Waals surface area contributed by atoms with Crippen LogP contribution in [0.5, 0.6) is 0 Å². The van der Waals surface area contributed by atoms with Gasteiger partial charge < -0.3 is 10.8 Å². The van der Waals surface area contributed by atoms with Gasteiger partial charge >= 0.3 is 0 Å². The van der Waals surface area contributed by atoms with Crippen molar-refractivity contribution in [1.82, 2.24) is 8.61 Å². The third-order valence-corrected chi connectivity index (χ3v) is 4.16. The van der Waals surface area contributed by atoms with Crippen LogP contribution in [0.3, 0.4) is 0 Å². The minimum Gasteiger partial charge on any atom is -0.395 e. The van der Waals surface area contributed by atoms with Crippen LogP contribution in [-0.4, -0.2) is 62.0 Å². The second-order valence-electron chi connectivity index (χ2n) is 3.19. The second kappa shape index (κ2) is 7.13. The van der Waals surface area contributed by atoms with Gasteiger partial charge in [-0.25, -0.2) is 0 Å². The van der Waals surface area contributed by atoms with E-state index in [1.807, 2.05) is 0 Å². The van der Waals surface area contributed by atoms with Crippen LogP contribution in [0.4, 0.5) is 0 Å². The molecule has 7 heteroatoms. The summed E-state index contributed by atoms with van der Waals surface area (Å²) in [5.41, 5.74) is 5.31. The zero-order valence-corrected chi connectivity index (χ0v) is 10.2. The van der Waals surface area contributed by atoms with Crippen molar-refractivity contribution in [3.63, 3.8) is 0 Å². The predicted molar refractivity (Wildman–Crippen MR) is 59.6 cm³/mol. The number of nitrogens with two attached hydrogens (primary N) is 1. The third-order valence-electron chi connectivity index (χ3n) is 2.10. The van der Waals surface area contributed by atoms with Gasteiger partial charge in [0.1, 0.15) is 0 Å². The highest BCUT2D eigenvalue weighted by atomic mass is 32.2. The first-order valence-electron chi connectivity index (χ1n) is 5.03. The second-order valence-corrected chi connectivity index (χ2v) is 5.22. The monoisotopic (exact) mass is 239 g/mol. The molecule has 0 aromatic carbocycles. The van der Waals surface area contributed by atoms with E-state index >= 15 is 0 Å². The Kier molecular flexibility index (Phi) is 7.03. The molecule has 0 atom stereocenters. The number of rotatable bonds is 8. The summed E-state index contributed by atoms with van der Waals surface area (Å²) in [6.07, 6.45) is 0.631. The molecule has 0 aliphatic carbocycles. The van der Waals surface area contributed by atoms with E-state index < -0.39 is 10.2 Å². The first-order chi connectivity index (χ1) is 7.00. The Hall–Kier alpha value is -0.210. The Bertz CT molecular complexity index is 256. The lowest BCUT2D eigenvalue weighted by molar-refractivity contribution is 0.250. The Morgan fingerprint density at radius 2 is 1.93 bits per heavy atom. The van der Waals surface area contributed by atoms with Crippen LogP contribution in [0.15, 0.2) is 0 Å². The Labute approximate surface area is 91.8 Å². The SMILES string of the molecule is CCN(CCO)S(=O)(=O)N(C)CCCN. The molecule has 6 nitrogen and oxygen atoms in total. The molecule has 15 heavy (non-hydrogen) atoms. The highest BCUT2D eigenvalue weighted by Gasteiger charge is 2.24. The zero-order valence-electron chi connectivity index (χ0n) is 9.39. The number of hydrogen-bond acceptors (Lipinski definition) is 4. The summed E-state index contributed by atoms with van der Waals surface area (Å²) < 4.78 is 26.2. The molecule has 0 fully saturated rings. The van der Waals surface area contributed by atoms with Crippen LogP contribution in [0.1, 0.15) is 13.3 Å². The molecule has 0 bridgehead atoms. The molecule has 0 heterocycles. The van der Waals surface area contributed by atoms with E-state index in [-0.39, 0.29) is 13.2 Å². The molecule has 0 aromatic rings. The normalized spacial score (nSPS) is 12.7. The lowest BCUT2D eigenvalue weighted by Gasteiger charge is -2.25. The third kappa shape index (κ3) is 4.43. The lowest BCUT2D eigenvalue weighted by atomic mass is 10.4. The molecule has 0 saturated carbocycles. The summed E-state index contributed by atoms with van der Waals surface area (Å²) >= 11 is 0. The van der Waals surface area contributed by atoms with Gasteiger partial charge in [0.15, 0.2) is 0 Å². The van der Waals surface area contributed by atoms with Gasteiger partial charge in [-0.1, -0.05) is 6.92 Å². The lowest BCUT2D eigenvalue weighted by Crippen LogP contribution is -2.43. The summed E-state index contributed by atoms with van der Waals surface area (Å²) in [4.78, 5) is 0. The first kappa shape index (κ1) is 14.8. The zero-order chi connectivity index (χ0) is 11.9. The van der Waals surface area contributed by atoms with Gasteiger partial charge in [0, 0.05) is 26.7 Å². The maximum absolute atomic E-state index is 11.9. The topological polar surface area (TPSA) is 86.9 Å². The summed E-state index contributed by atoms with van der Waals surface area (Å²) in [7, 11) is -1.92. The number of nitrogens with zero attached hydrogens (tertiary/aromatic N) is 2. The Balaban J connectivity index is 4.48. The Morgan fingerprint density at radius 1 is 1.33 bits per heavy atom. The van der Waals surface area contributed by atoms with E-state index in [0.717, 1.165) is 0 Å². The van der Waals surface area contributed by atoms with Crippen molar-refractivity contribution in [1.29, 1.82) is 0 Å². The maximum atomic E-state index is 11.9. The van der Waals surface area contributed by atoms with Crippen LogP contribution in [-0.2, 0) is 10.2 Å². The van der Waals surface area contributed by atoms with Gasteiger partial charge in [-0.2, -0.15) is 17.0 Å². The summed E-state index contributed by atoms with van der Waals surface area (Å²) in [6, 6.07) is 0. The van der Waals surface area contributed by atoms with Crippen molar-refractivity contribution >= 4 is 10.2 Å². The molecular weight excluding hydrogens is 218 g/mol. The van der Waals surface area contributed by atoms with Crippen LogP contribution >= 0.6 is 0 Å². The first-order valence-corrected chi connectivity index (χ1v) is 6.42. The largest absolute Gasteiger partial charge is 0.395 e. The summed E-state index contributed by atoms with van der Waals surface area (Å²) in [5.74, 6) is 0. The van der Waals surface area contributed by atoms with E-state index in [0.29, 0.717) is 26.1 Å². The predicted octanol–water partition coefficient (Wildman–Crippen LogP) is -1.17. The van der Waals surface area contributed by atoms with Gasteiger partial charge in [-0.05, 0) is 13.0 Å². The van der Waals surface area contributed by atoms with Gasteiger partial charge in [0.05, 0.1) is 6.61 Å². The molecule has 0 aromatic heterocycles. The highest BCUT2D eigenvalue weighted by Crippen LogP contribution is 2.05. The average molecular weight is 239 g/mol. The molecule has 92 valence electrons. The van der Waals surface area contributed by atoms with Crippen LogP contribution in [0.25, 0.3) is 0 Å². The quantitative estimate of drug-likeness (QED) is 0.558. The summed E-state index contributed by atoms with van der Waals surface area (Å²) in [5, 5.41) is 8.74. The minimum absolute atomic E-state index is 0.131. The smallest absolute Gasteiger partial charge is 0.281 e. The molecule has 0 unspecified atom stereocenters. The van der Waals surface area contributed by atoms with Crippen molar-refractivity contribution < 1.29 is 13.5 Å². The van der Waals surface area contributed by atoms with Crippen molar-refractivity contribution in [2.45, 2.75) is 13.3 Å². The molecule has 0 rings (SSSR count). The van der Waals surface area contributed by atoms with E-state index in [1.165, 1.54) is 15.7 Å².